The summed E-state index contributed by atoms with van der Waals surface area (Å²) in [5.74, 6) is 0.612. The third kappa shape index (κ3) is 4.85. The van der Waals surface area contributed by atoms with E-state index in [0.29, 0.717) is 12.1 Å². The molecule has 1 N–H and O–H groups in total. The van der Waals surface area contributed by atoms with Crippen LogP contribution >= 0.6 is 0 Å². The summed E-state index contributed by atoms with van der Waals surface area (Å²) in [7, 11) is 0. The number of hydrogen-bond acceptors (Lipinski definition) is 6. The number of anilines is 2. The van der Waals surface area contributed by atoms with Gasteiger partial charge in [-0.1, -0.05) is 6.58 Å². The number of ether oxygens (including phenoxy) is 1. The number of hydrogen-bond donors (Lipinski definition) is 1. The van der Waals surface area contributed by atoms with Crippen LogP contribution in [-0.2, 0) is 14.3 Å². The number of fused-ring (bicyclic) bond motifs is 1. The minimum absolute atomic E-state index is 0.161. The first kappa shape index (κ1) is 19.8. The largest absolute Gasteiger partial charge is 0.460 e. The molecular formula is C21H26N4O3. The van der Waals surface area contributed by atoms with E-state index in [1.54, 1.807) is 6.20 Å². The van der Waals surface area contributed by atoms with E-state index >= 15 is 0 Å². The Labute approximate surface area is 164 Å². The maximum atomic E-state index is 12.1. The van der Waals surface area contributed by atoms with E-state index in [1.165, 1.54) is 6.08 Å². The Morgan fingerprint density at radius 3 is 2.89 bits per heavy atom. The van der Waals surface area contributed by atoms with Gasteiger partial charge in [-0.3, -0.25) is 9.59 Å². The number of benzene rings is 1. The Bertz CT molecular complexity index is 904. The van der Waals surface area contributed by atoms with Crippen molar-refractivity contribution in [1.29, 1.82) is 0 Å². The fraction of sp³-hybridized carbons (Fsp3) is 0.429. The summed E-state index contributed by atoms with van der Waals surface area (Å²) >= 11 is 0. The summed E-state index contributed by atoms with van der Waals surface area (Å²) in [6.07, 6.45) is 4.22. The lowest BCUT2D eigenvalue weighted by atomic mass is 10.1. The number of rotatable bonds is 5. The fourth-order valence-electron chi connectivity index (χ4n) is 3.39. The molecule has 7 nitrogen and oxygen atoms in total. The number of amides is 1. The van der Waals surface area contributed by atoms with Gasteiger partial charge in [0.05, 0.1) is 12.6 Å². The molecule has 0 unspecified atom stereocenters. The van der Waals surface area contributed by atoms with Crippen LogP contribution < -0.4 is 10.2 Å². The predicted molar refractivity (Wildman–Crippen MR) is 109 cm³/mol. The quantitative estimate of drug-likeness (QED) is 0.631. The van der Waals surface area contributed by atoms with E-state index in [2.05, 4.69) is 27.0 Å². The van der Waals surface area contributed by atoms with Crippen LogP contribution in [0.4, 0.5) is 11.5 Å². The van der Waals surface area contributed by atoms with E-state index in [1.807, 2.05) is 39.0 Å². The number of carbonyl (C=O) groups excluding carboxylic acids is 2. The lowest BCUT2D eigenvalue weighted by Crippen LogP contribution is -2.26. The SMILES string of the molecule is C=CC(=O)Nc1ccc2c(N3CC[C@@H](CC(=O)OC(C)(C)C)C3)nncc2c1. The maximum Gasteiger partial charge on any atom is 0.306 e. The van der Waals surface area contributed by atoms with Gasteiger partial charge in [-0.05, 0) is 57.4 Å². The van der Waals surface area contributed by atoms with Crippen molar-refractivity contribution in [1.82, 2.24) is 10.2 Å². The molecule has 0 spiro atoms. The molecule has 1 aromatic heterocycles. The molecule has 2 heterocycles. The van der Waals surface area contributed by atoms with Gasteiger partial charge in [-0.15, -0.1) is 5.10 Å². The van der Waals surface area contributed by atoms with Crippen molar-refractivity contribution < 1.29 is 14.3 Å². The Morgan fingerprint density at radius 1 is 1.39 bits per heavy atom. The van der Waals surface area contributed by atoms with Crippen LogP contribution in [-0.4, -0.2) is 40.8 Å². The van der Waals surface area contributed by atoms with Crippen molar-refractivity contribution in [3.8, 4) is 0 Å². The summed E-state index contributed by atoms with van der Waals surface area (Å²) < 4.78 is 5.44. The second-order valence-electron chi connectivity index (χ2n) is 8.05. The molecule has 7 heteroatoms. The van der Waals surface area contributed by atoms with Gasteiger partial charge in [0.2, 0.25) is 5.91 Å². The standard InChI is InChI=1S/C21H26N4O3/c1-5-18(26)23-16-6-7-17-15(11-16)12-22-24-20(17)25-9-8-14(13-25)10-19(27)28-21(2,3)4/h5-7,11-12,14H,1,8-10,13H2,2-4H3,(H,23,26)/t14-/m0/s1. The highest BCUT2D eigenvalue weighted by Gasteiger charge is 2.28. The normalized spacial score (nSPS) is 16.8. The van der Waals surface area contributed by atoms with E-state index < -0.39 is 5.60 Å². The van der Waals surface area contributed by atoms with Crippen LogP contribution in [0.3, 0.4) is 0 Å². The smallest absolute Gasteiger partial charge is 0.306 e. The first-order valence-corrected chi connectivity index (χ1v) is 9.41. The third-order valence-corrected chi connectivity index (χ3v) is 4.56. The average Bonchev–Trinajstić information content (AvgIpc) is 3.07. The second-order valence-corrected chi connectivity index (χ2v) is 8.05. The van der Waals surface area contributed by atoms with Gasteiger partial charge in [-0.2, -0.15) is 5.10 Å². The van der Waals surface area contributed by atoms with Gasteiger partial charge in [0.15, 0.2) is 5.82 Å². The predicted octanol–water partition coefficient (Wildman–Crippen LogP) is 3.31. The highest BCUT2D eigenvalue weighted by Crippen LogP contribution is 2.31. The fourth-order valence-corrected chi connectivity index (χ4v) is 3.39. The van der Waals surface area contributed by atoms with Gasteiger partial charge in [0.1, 0.15) is 5.60 Å². The van der Waals surface area contributed by atoms with Crippen molar-refractivity contribution in [2.45, 2.75) is 39.2 Å². The molecule has 1 amide bonds. The van der Waals surface area contributed by atoms with Gasteiger partial charge >= 0.3 is 5.97 Å². The van der Waals surface area contributed by atoms with Crippen molar-refractivity contribution in [2.75, 3.05) is 23.3 Å². The highest BCUT2D eigenvalue weighted by atomic mass is 16.6. The number of carbonyl (C=O) groups is 2. The van der Waals surface area contributed by atoms with Crippen LogP contribution in [0, 0.1) is 5.92 Å². The monoisotopic (exact) mass is 382 g/mol. The Morgan fingerprint density at radius 2 is 2.18 bits per heavy atom. The summed E-state index contributed by atoms with van der Waals surface area (Å²) in [6.45, 7) is 10.6. The van der Waals surface area contributed by atoms with Crippen LogP contribution in [0.15, 0.2) is 37.1 Å². The van der Waals surface area contributed by atoms with Gasteiger partial charge in [0.25, 0.3) is 0 Å². The lowest BCUT2D eigenvalue weighted by molar-refractivity contribution is -0.155. The second kappa shape index (κ2) is 7.96. The summed E-state index contributed by atoms with van der Waals surface area (Å²) in [4.78, 5) is 25.8. The first-order chi connectivity index (χ1) is 13.2. The van der Waals surface area contributed by atoms with Crippen molar-refractivity contribution in [3.63, 3.8) is 0 Å². The Hall–Kier alpha value is -2.96. The molecule has 1 aliphatic heterocycles. The topological polar surface area (TPSA) is 84.4 Å². The van der Waals surface area contributed by atoms with E-state index in [0.717, 1.165) is 36.1 Å². The zero-order valence-electron chi connectivity index (χ0n) is 16.6. The van der Waals surface area contributed by atoms with Crippen LogP contribution in [0.2, 0.25) is 0 Å². The minimum Gasteiger partial charge on any atom is -0.460 e. The number of aromatic nitrogens is 2. The van der Waals surface area contributed by atoms with Gasteiger partial charge in [0, 0.05) is 29.5 Å². The van der Waals surface area contributed by atoms with E-state index in [9.17, 15) is 9.59 Å². The lowest BCUT2D eigenvalue weighted by Gasteiger charge is -2.21. The molecule has 1 saturated heterocycles. The zero-order valence-corrected chi connectivity index (χ0v) is 16.6. The molecule has 2 aromatic rings. The number of esters is 1. The van der Waals surface area contributed by atoms with Gasteiger partial charge in [-0.25, -0.2) is 0 Å². The van der Waals surface area contributed by atoms with Crippen molar-refractivity contribution in [2.24, 2.45) is 5.92 Å². The Kier molecular flexibility index (Phi) is 5.63. The third-order valence-electron chi connectivity index (χ3n) is 4.56. The zero-order chi connectivity index (χ0) is 20.3. The van der Waals surface area contributed by atoms with Crippen LogP contribution in [0.5, 0.6) is 0 Å². The van der Waals surface area contributed by atoms with Crippen molar-refractivity contribution in [3.05, 3.63) is 37.1 Å². The molecule has 1 atom stereocenters. The molecular weight excluding hydrogens is 356 g/mol. The van der Waals surface area contributed by atoms with Gasteiger partial charge < -0.3 is 15.0 Å². The Balaban J connectivity index is 1.72. The molecule has 0 aliphatic carbocycles. The molecule has 1 aliphatic rings. The molecule has 1 aromatic carbocycles. The van der Waals surface area contributed by atoms with E-state index in [4.69, 9.17) is 4.74 Å². The molecule has 0 bridgehead atoms. The maximum absolute atomic E-state index is 12.1. The van der Waals surface area contributed by atoms with Crippen LogP contribution in [0.1, 0.15) is 33.6 Å². The van der Waals surface area contributed by atoms with Crippen molar-refractivity contribution >= 4 is 34.2 Å². The average molecular weight is 382 g/mol. The summed E-state index contributed by atoms with van der Waals surface area (Å²) in [6, 6.07) is 5.63. The molecule has 148 valence electrons. The number of nitrogens with one attached hydrogen (secondary N) is 1. The summed E-state index contributed by atoms with van der Waals surface area (Å²) in [5.41, 5.74) is 0.218. The molecule has 0 saturated carbocycles. The highest BCUT2D eigenvalue weighted by molar-refractivity contribution is 6.01. The molecule has 3 rings (SSSR count). The molecule has 0 radical (unpaired) electrons. The van der Waals surface area contributed by atoms with Crippen LogP contribution in [0.25, 0.3) is 10.8 Å². The minimum atomic E-state index is -0.463. The first-order valence-electron chi connectivity index (χ1n) is 9.41. The number of nitrogens with zero attached hydrogens (tertiary/aromatic N) is 3. The molecule has 28 heavy (non-hydrogen) atoms. The summed E-state index contributed by atoms with van der Waals surface area (Å²) in [5, 5.41) is 13.0. The van der Waals surface area contributed by atoms with E-state index in [-0.39, 0.29) is 17.8 Å². The molecule has 1 fully saturated rings.